The molecule has 0 radical (unpaired) electrons. The molecule has 1 aromatic heterocycles. The second-order valence-electron chi connectivity index (χ2n) is 4.87. The van der Waals surface area contributed by atoms with Crippen molar-refractivity contribution >= 4 is 41.1 Å². The van der Waals surface area contributed by atoms with E-state index >= 15 is 0 Å². The number of rotatable bonds is 6. The van der Waals surface area contributed by atoms with Gasteiger partial charge in [-0.15, -0.1) is 6.58 Å². The first-order valence-corrected chi connectivity index (χ1v) is 7.77. The van der Waals surface area contributed by atoms with E-state index in [1.54, 1.807) is 12.1 Å². The third kappa shape index (κ3) is 3.50. The smallest absolute Gasteiger partial charge is 0.266 e. The van der Waals surface area contributed by atoms with Crippen molar-refractivity contribution in [1.29, 1.82) is 0 Å². The van der Waals surface area contributed by atoms with Gasteiger partial charge in [-0.05, 0) is 38.2 Å². The van der Waals surface area contributed by atoms with Gasteiger partial charge in [-0.25, -0.2) is 0 Å². The lowest BCUT2D eigenvalue weighted by Gasteiger charge is -2.27. The minimum absolute atomic E-state index is 0.0131. The Bertz CT molecular complexity index is 674. The SMILES string of the molecule is C=CCN1C(=O)/C(=C/c2ccc(N(CC)CC)o2)C(=O)NC1=S. The third-order valence-corrected chi connectivity index (χ3v) is 3.79. The van der Waals surface area contributed by atoms with Crippen LogP contribution in [-0.2, 0) is 9.59 Å². The molecule has 6 nitrogen and oxygen atoms in total. The van der Waals surface area contributed by atoms with Gasteiger partial charge in [0.1, 0.15) is 11.3 Å². The van der Waals surface area contributed by atoms with E-state index in [4.69, 9.17) is 16.6 Å². The van der Waals surface area contributed by atoms with E-state index in [0.29, 0.717) is 11.6 Å². The second kappa shape index (κ2) is 7.23. The highest BCUT2D eigenvalue weighted by Crippen LogP contribution is 2.21. The van der Waals surface area contributed by atoms with Gasteiger partial charge < -0.3 is 9.32 Å². The van der Waals surface area contributed by atoms with E-state index in [0.717, 1.165) is 13.1 Å². The molecule has 23 heavy (non-hydrogen) atoms. The minimum atomic E-state index is -0.527. The van der Waals surface area contributed by atoms with Gasteiger partial charge in [-0.1, -0.05) is 6.08 Å². The van der Waals surface area contributed by atoms with Crippen molar-refractivity contribution in [3.8, 4) is 0 Å². The van der Waals surface area contributed by atoms with Crippen LogP contribution in [0.25, 0.3) is 6.08 Å². The third-order valence-electron chi connectivity index (χ3n) is 3.47. The number of amides is 2. The predicted octanol–water partition coefficient (Wildman–Crippen LogP) is 1.94. The molecule has 2 rings (SSSR count). The maximum absolute atomic E-state index is 12.4. The lowest BCUT2D eigenvalue weighted by molar-refractivity contribution is -0.128. The highest BCUT2D eigenvalue weighted by atomic mass is 32.1. The summed E-state index contributed by atoms with van der Waals surface area (Å²) in [5.41, 5.74) is -0.0131. The molecule has 1 aliphatic heterocycles. The molecule has 0 atom stereocenters. The van der Waals surface area contributed by atoms with Gasteiger partial charge >= 0.3 is 0 Å². The number of hydrogen-bond acceptors (Lipinski definition) is 5. The van der Waals surface area contributed by atoms with Crippen molar-refractivity contribution in [3.63, 3.8) is 0 Å². The van der Waals surface area contributed by atoms with Gasteiger partial charge in [0.15, 0.2) is 11.0 Å². The molecule has 1 N–H and O–H groups in total. The minimum Gasteiger partial charge on any atom is -0.441 e. The van der Waals surface area contributed by atoms with E-state index in [1.165, 1.54) is 11.0 Å². The molecule has 0 aliphatic carbocycles. The number of nitrogens with one attached hydrogen (secondary N) is 1. The van der Waals surface area contributed by atoms with Crippen LogP contribution in [0, 0.1) is 0 Å². The molecule has 0 spiro atoms. The predicted molar refractivity (Wildman–Crippen MR) is 92.9 cm³/mol. The Hall–Kier alpha value is -2.41. The molecule has 7 heteroatoms. The zero-order chi connectivity index (χ0) is 17.0. The molecule has 2 heterocycles. The van der Waals surface area contributed by atoms with Crippen LogP contribution in [0.2, 0.25) is 0 Å². The van der Waals surface area contributed by atoms with E-state index in [9.17, 15) is 9.59 Å². The maximum Gasteiger partial charge on any atom is 0.266 e. The number of furan rings is 1. The summed E-state index contributed by atoms with van der Waals surface area (Å²) >= 11 is 5.00. The van der Waals surface area contributed by atoms with Crippen molar-refractivity contribution < 1.29 is 14.0 Å². The van der Waals surface area contributed by atoms with Crippen LogP contribution in [0.4, 0.5) is 5.88 Å². The van der Waals surface area contributed by atoms with Crippen molar-refractivity contribution in [3.05, 3.63) is 36.1 Å². The van der Waals surface area contributed by atoms with Gasteiger partial charge in [-0.2, -0.15) is 0 Å². The Morgan fingerprint density at radius 3 is 2.65 bits per heavy atom. The van der Waals surface area contributed by atoms with Crippen molar-refractivity contribution in [2.75, 3.05) is 24.5 Å². The van der Waals surface area contributed by atoms with Crippen LogP contribution < -0.4 is 10.2 Å². The fourth-order valence-corrected chi connectivity index (χ4v) is 2.51. The lowest BCUT2D eigenvalue weighted by atomic mass is 10.1. The van der Waals surface area contributed by atoms with E-state index in [2.05, 4.69) is 11.9 Å². The quantitative estimate of drug-likeness (QED) is 0.373. The van der Waals surface area contributed by atoms with Gasteiger partial charge in [0, 0.05) is 25.7 Å². The molecule has 1 aliphatic rings. The average molecular weight is 333 g/mol. The number of thiocarbonyl (C=S) groups is 1. The summed E-state index contributed by atoms with van der Waals surface area (Å²) in [7, 11) is 0. The first-order chi connectivity index (χ1) is 11.0. The summed E-state index contributed by atoms with van der Waals surface area (Å²) in [6.45, 7) is 9.48. The lowest BCUT2D eigenvalue weighted by Crippen LogP contribution is -2.53. The van der Waals surface area contributed by atoms with Crippen molar-refractivity contribution in [2.45, 2.75) is 13.8 Å². The van der Waals surface area contributed by atoms with Gasteiger partial charge in [-0.3, -0.25) is 19.8 Å². The second-order valence-corrected chi connectivity index (χ2v) is 5.26. The Morgan fingerprint density at radius 1 is 1.35 bits per heavy atom. The first kappa shape index (κ1) is 17.0. The summed E-state index contributed by atoms with van der Waals surface area (Å²) in [5.74, 6) is 0.154. The summed E-state index contributed by atoms with van der Waals surface area (Å²) < 4.78 is 5.69. The molecular weight excluding hydrogens is 314 g/mol. The van der Waals surface area contributed by atoms with Crippen LogP contribution >= 0.6 is 12.2 Å². The largest absolute Gasteiger partial charge is 0.441 e. The van der Waals surface area contributed by atoms with Gasteiger partial charge in [0.2, 0.25) is 0 Å². The van der Waals surface area contributed by atoms with Crippen LogP contribution in [-0.4, -0.2) is 41.5 Å². The van der Waals surface area contributed by atoms with Gasteiger partial charge in [0.25, 0.3) is 11.8 Å². The Balaban J connectivity index is 2.30. The molecule has 1 fully saturated rings. The maximum atomic E-state index is 12.4. The van der Waals surface area contributed by atoms with Crippen LogP contribution in [0.1, 0.15) is 19.6 Å². The molecule has 2 amide bonds. The summed E-state index contributed by atoms with van der Waals surface area (Å²) in [6, 6.07) is 3.54. The standard InChI is InChI=1S/C16H19N3O3S/c1-4-9-19-15(21)12(14(20)17-16(19)23)10-11-7-8-13(22-11)18(5-2)6-3/h4,7-8,10H,1,5-6,9H2,2-3H3,(H,17,20,23)/b12-10+. The molecule has 1 saturated heterocycles. The van der Waals surface area contributed by atoms with Crippen LogP contribution in [0.3, 0.4) is 0 Å². The zero-order valence-electron chi connectivity index (χ0n) is 13.2. The molecule has 1 aromatic rings. The fourth-order valence-electron chi connectivity index (χ4n) is 2.26. The number of anilines is 1. The van der Waals surface area contributed by atoms with E-state index < -0.39 is 11.8 Å². The summed E-state index contributed by atoms with van der Waals surface area (Å²) in [5, 5.41) is 2.58. The Kier molecular flexibility index (Phi) is 5.33. The summed E-state index contributed by atoms with van der Waals surface area (Å²) in [6.07, 6.45) is 2.98. The highest BCUT2D eigenvalue weighted by molar-refractivity contribution is 7.80. The fraction of sp³-hybridized carbons (Fsp3) is 0.312. The summed E-state index contributed by atoms with van der Waals surface area (Å²) in [4.78, 5) is 27.7. The topological polar surface area (TPSA) is 65.8 Å². The number of hydrogen-bond donors (Lipinski definition) is 1. The Morgan fingerprint density at radius 2 is 2.04 bits per heavy atom. The molecule has 122 valence electrons. The first-order valence-electron chi connectivity index (χ1n) is 7.36. The number of carbonyl (C=O) groups excluding carboxylic acids is 2. The van der Waals surface area contributed by atoms with E-state index in [-0.39, 0.29) is 17.2 Å². The van der Waals surface area contributed by atoms with Crippen molar-refractivity contribution in [2.24, 2.45) is 0 Å². The monoisotopic (exact) mass is 333 g/mol. The molecule has 0 unspecified atom stereocenters. The molecule has 0 aromatic carbocycles. The Labute approximate surface area is 140 Å². The average Bonchev–Trinajstić information content (AvgIpc) is 2.98. The number of carbonyl (C=O) groups is 2. The van der Waals surface area contributed by atoms with E-state index in [1.807, 2.05) is 24.8 Å². The molecular formula is C16H19N3O3S. The van der Waals surface area contributed by atoms with Crippen molar-refractivity contribution in [1.82, 2.24) is 10.2 Å². The van der Waals surface area contributed by atoms with Gasteiger partial charge in [0.05, 0.1) is 0 Å². The number of nitrogens with zero attached hydrogens (tertiary/aromatic N) is 2. The molecule has 0 bridgehead atoms. The van der Waals surface area contributed by atoms with Crippen LogP contribution in [0.15, 0.2) is 34.8 Å². The zero-order valence-corrected chi connectivity index (χ0v) is 14.0. The highest BCUT2D eigenvalue weighted by Gasteiger charge is 2.32. The normalized spacial score (nSPS) is 16.7. The molecule has 0 saturated carbocycles. The van der Waals surface area contributed by atoms with Crippen LogP contribution in [0.5, 0.6) is 0 Å².